The van der Waals surface area contributed by atoms with Gasteiger partial charge in [0.05, 0.1) is 24.5 Å². The number of anilines is 2. The molecule has 0 bridgehead atoms. The summed E-state index contributed by atoms with van der Waals surface area (Å²) < 4.78 is 5.29. The molecule has 1 saturated heterocycles. The van der Waals surface area contributed by atoms with Gasteiger partial charge in [0.25, 0.3) is 5.91 Å². The van der Waals surface area contributed by atoms with E-state index in [0.29, 0.717) is 18.9 Å². The van der Waals surface area contributed by atoms with Gasteiger partial charge in [-0.2, -0.15) is 0 Å². The highest BCUT2D eigenvalue weighted by atomic mass is 16.5. The SMILES string of the molecule is C=CC(=O)Nc1ccc(N2CCOCC2)cc1C(N)=O. The lowest BCUT2D eigenvalue weighted by molar-refractivity contribution is -0.111. The number of primary amides is 1. The molecule has 20 heavy (non-hydrogen) atoms. The molecule has 0 aromatic heterocycles. The maximum absolute atomic E-state index is 11.5. The van der Waals surface area contributed by atoms with E-state index >= 15 is 0 Å². The van der Waals surface area contributed by atoms with Crippen molar-refractivity contribution in [3.8, 4) is 0 Å². The van der Waals surface area contributed by atoms with E-state index < -0.39 is 5.91 Å². The van der Waals surface area contributed by atoms with Gasteiger partial charge in [-0.05, 0) is 24.3 Å². The van der Waals surface area contributed by atoms with Crippen molar-refractivity contribution in [1.82, 2.24) is 0 Å². The topological polar surface area (TPSA) is 84.7 Å². The molecule has 2 amide bonds. The van der Waals surface area contributed by atoms with Crippen molar-refractivity contribution in [1.29, 1.82) is 0 Å². The average Bonchev–Trinajstić information content (AvgIpc) is 2.48. The van der Waals surface area contributed by atoms with Gasteiger partial charge in [0.2, 0.25) is 5.91 Å². The predicted octanol–water partition coefficient (Wildman–Crippen LogP) is 0.747. The molecule has 1 aliphatic rings. The Balaban J connectivity index is 2.29. The highest BCUT2D eigenvalue weighted by molar-refractivity contribution is 6.06. The lowest BCUT2D eigenvalue weighted by atomic mass is 10.1. The summed E-state index contributed by atoms with van der Waals surface area (Å²) in [6.07, 6.45) is 1.14. The van der Waals surface area contributed by atoms with Gasteiger partial charge < -0.3 is 20.7 Å². The molecule has 0 aliphatic carbocycles. The van der Waals surface area contributed by atoms with Crippen molar-refractivity contribution < 1.29 is 14.3 Å². The summed E-state index contributed by atoms with van der Waals surface area (Å²) in [6.45, 7) is 6.20. The van der Waals surface area contributed by atoms with Crippen molar-refractivity contribution in [3.05, 3.63) is 36.4 Å². The van der Waals surface area contributed by atoms with Crippen molar-refractivity contribution >= 4 is 23.2 Å². The van der Waals surface area contributed by atoms with Gasteiger partial charge in [-0.25, -0.2) is 0 Å². The van der Waals surface area contributed by atoms with Crippen LogP contribution in [0.3, 0.4) is 0 Å². The van der Waals surface area contributed by atoms with E-state index in [0.717, 1.165) is 24.9 Å². The van der Waals surface area contributed by atoms with Gasteiger partial charge >= 0.3 is 0 Å². The van der Waals surface area contributed by atoms with Crippen molar-refractivity contribution in [2.24, 2.45) is 5.73 Å². The second-order valence-electron chi connectivity index (χ2n) is 4.39. The zero-order valence-corrected chi connectivity index (χ0v) is 11.1. The number of benzene rings is 1. The normalized spacial score (nSPS) is 14.7. The van der Waals surface area contributed by atoms with Crippen LogP contribution in [0.1, 0.15) is 10.4 Å². The van der Waals surface area contributed by atoms with Crippen LogP contribution in [0.15, 0.2) is 30.9 Å². The molecule has 3 N–H and O–H groups in total. The third-order valence-electron chi connectivity index (χ3n) is 3.09. The third kappa shape index (κ3) is 3.16. The summed E-state index contributed by atoms with van der Waals surface area (Å²) in [7, 11) is 0. The van der Waals surface area contributed by atoms with E-state index in [1.165, 1.54) is 0 Å². The first kappa shape index (κ1) is 14.1. The predicted molar refractivity (Wildman–Crippen MR) is 76.8 cm³/mol. The fourth-order valence-electron chi connectivity index (χ4n) is 2.05. The van der Waals surface area contributed by atoms with Crippen LogP contribution in [0.5, 0.6) is 0 Å². The van der Waals surface area contributed by atoms with Crippen molar-refractivity contribution in [3.63, 3.8) is 0 Å². The summed E-state index contributed by atoms with van der Waals surface area (Å²) >= 11 is 0. The maximum Gasteiger partial charge on any atom is 0.250 e. The zero-order chi connectivity index (χ0) is 14.5. The minimum absolute atomic E-state index is 0.282. The Labute approximate surface area is 117 Å². The molecule has 6 nitrogen and oxygen atoms in total. The van der Waals surface area contributed by atoms with Crippen LogP contribution in [0, 0.1) is 0 Å². The summed E-state index contributed by atoms with van der Waals surface area (Å²) in [5.41, 5.74) is 6.93. The molecule has 1 aromatic rings. The summed E-state index contributed by atoms with van der Waals surface area (Å²) in [5, 5.41) is 2.57. The van der Waals surface area contributed by atoms with Gasteiger partial charge in [-0.15, -0.1) is 0 Å². The molecular formula is C14H17N3O3. The number of nitrogens with one attached hydrogen (secondary N) is 1. The molecule has 0 unspecified atom stereocenters. The number of nitrogens with two attached hydrogens (primary N) is 1. The molecule has 2 rings (SSSR count). The van der Waals surface area contributed by atoms with Crippen molar-refractivity contribution in [2.75, 3.05) is 36.5 Å². The molecule has 0 saturated carbocycles. The number of ether oxygens (including phenoxy) is 1. The second kappa shape index (κ2) is 6.21. The number of carbonyl (C=O) groups excluding carboxylic acids is 2. The highest BCUT2D eigenvalue weighted by Gasteiger charge is 2.16. The van der Waals surface area contributed by atoms with Gasteiger partial charge in [-0.1, -0.05) is 6.58 Å². The van der Waals surface area contributed by atoms with Crippen LogP contribution in [0.25, 0.3) is 0 Å². The second-order valence-corrected chi connectivity index (χ2v) is 4.39. The molecule has 1 aliphatic heterocycles. The molecule has 1 fully saturated rings. The van der Waals surface area contributed by atoms with Gasteiger partial charge in [0.1, 0.15) is 0 Å². The van der Waals surface area contributed by atoms with E-state index in [1.54, 1.807) is 12.1 Å². The van der Waals surface area contributed by atoms with E-state index in [9.17, 15) is 9.59 Å². The van der Waals surface area contributed by atoms with Crippen LogP contribution >= 0.6 is 0 Å². The zero-order valence-electron chi connectivity index (χ0n) is 11.1. The maximum atomic E-state index is 11.5. The van der Waals surface area contributed by atoms with Crippen LogP contribution < -0.4 is 16.0 Å². The Morgan fingerprint density at radius 1 is 1.35 bits per heavy atom. The number of hydrogen-bond acceptors (Lipinski definition) is 4. The molecule has 0 radical (unpaired) electrons. The standard InChI is InChI=1S/C14H17N3O3/c1-2-13(18)16-12-4-3-10(9-11(12)14(15)19)17-5-7-20-8-6-17/h2-4,9H,1,5-8H2,(H2,15,19)(H,16,18). The number of nitrogens with zero attached hydrogens (tertiary/aromatic N) is 1. The van der Waals surface area contributed by atoms with Gasteiger partial charge in [0, 0.05) is 18.8 Å². The molecule has 0 atom stereocenters. The Morgan fingerprint density at radius 3 is 2.65 bits per heavy atom. The van der Waals surface area contributed by atoms with Crippen LogP contribution in [0.2, 0.25) is 0 Å². The minimum atomic E-state index is -0.584. The minimum Gasteiger partial charge on any atom is -0.378 e. The largest absolute Gasteiger partial charge is 0.378 e. The Bertz CT molecular complexity index is 536. The Hall–Kier alpha value is -2.34. The third-order valence-corrected chi connectivity index (χ3v) is 3.09. The first-order valence-corrected chi connectivity index (χ1v) is 6.32. The van der Waals surface area contributed by atoms with E-state index in [1.807, 2.05) is 6.07 Å². The summed E-state index contributed by atoms with van der Waals surface area (Å²) in [4.78, 5) is 25.0. The van der Waals surface area contributed by atoms with E-state index in [-0.39, 0.29) is 11.5 Å². The molecule has 0 spiro atoms. The average molecular weight is 275 g/mol. The number of hydrogen-bond donors (Lipinski definition) is 2. The number of rotatable bonds is 4. The molecule has 106 valence electrons. The van der Waals surface area contributed by atoms with Crippen LogP contribution in [-0.2, 0) is 9.53 Å². The molecule has 1 aromatic carbocycles. The summed E-state index contributed by atoms with van der Waals surface area (Å²) in [6, 6.07) is 5.20. The number of morpholine rings is 1. The fraction of sp³-hybridized carbons (Fsp3) is 0.286. The van der Waals surface area contributed by atoms with Crippen molar-refractivity contribution in [2.45, 2.75) is 0 Å². The monoisotopic (exact) mass is 275 g/mol. The Morgan fingerprint density at radius 2 is 2.05 bits per heavy atom. The van der Waals surface area contributed by atoms with Gasteiger partial charge in [0.15, 0.2) is 0 Å². The first-order chi connectivity index (χ1) is 9.61. The molecule has 6 heteroatoms. The summed E-state index contributed by atoms with van der Waals surface area (Å²) in [5.74, 6) is -0.967. The highest BCUT2D eigenvalue weighted by Crippen LogP contribution is 2.24. The lowest BCUT2D eigenvalue weighted by Crippen LogP contribution is -2.36. The fourth-order valence-corrected chi connectivity index (χ4v) is 2.05. The smallest absolute Gasteiger partial charge is 0.250 e. The van der Waals surface area contributed by atoms with E-state index in [2.05, 4.69) is 16.8 Å². The number of carbonyl (C=O) groups is 2. The van der Waals surface area contributed by atoms with E-state index in [4.69, 9.17) is 10.5 Å². The lowest BCUT2D eigenvalue weighted by Gasteiger charge is -2.29. The Kier molecular flexibility index (Phi) is 4.37. The molecular weight excluding hydrogens is 258 g/mol. The van der Waals surface area contributed by atoms with Crippen LogP contribution in [-0.4, -0.2) is 38.1 Å². The van der Waals surface area contributed by atoms with Gasteiger partial charge in [-0.3, -0.25) is 9.59 Å². The quantitative estimate of drug-likeness (QED) is 0.794. The molecule has 1 heterocycles. The first-order valence-electron chi connectivity index (χ1n) is 6.32. The number of amides is 2. The van der Waals surface area contributed by atoms with Crippen LogP contribution in [0.4, 0.5) is 11.4 Å².